The van der Waals surface area contributed by atoms with Crippen LogP contribution in [0.5, 0.6) is 5.75 Å². The zero-order valence-corrected chi connectivity index (χ0v) is 17.2. The molecule has 7 heteroatoms. The van der Waals surface area contributed by atoms with E-state index >= 15 is 0 Å². The topological polar surface area (TPSA) is 50.3 Å². The molecule has 1 aliphatic heterocycles. The first-order chi connectivity index (χ1) is 14.6. The number of likely N-dealkylation sites (N-methyl/N-ethyl adjacent to an activating group) is 1. The predicted molar refractivity (Wildman–Crippen MR) is 115 cm³/mol. The van der Waals surface area contributed by atoms with Gasteiger partial charge in [0.1, 0.15) is 11.4 Å². The van der Waals surface area contributed by atoms with Gasteiger partial charge < -0.3 is 15.0 Å². The molecule has 2 aromatic carbocycles. The Morgan fingerprint density at radius 2 is 1.97 bits per heavy atom. The largest absolute Gasteiger partial charge is 0.496 e. The van der Waals surface area contributed by atoms with Gasteiger partial charge in [-0.1, -0.05) is 37.3 Å². The summed E-state index contributed by atoms with van der Waals surface area (Å²) in [4.78, 5) is 2.43. The van der Waals surface area contributed by atoms with Crippen LogP contribution >= 0.6 is 0 Å². The molecular formula is C23H26F2N4O. The van der Waals surface area contributed by atoms with Gasteiger partial charge in [0.25, 0.3) is 6.43 Å². The van der Waals surface area contributed by atoms with E-state index in [1.807, 2.05) is 24.3 Å². The van der Waals surface area contributed by atoms with Gasteiger partial charge in [0.05, 0.1) is 7.11 Å². The van der Waals surface area contributed by atoms with Crippen LogP contribution in [0.3, 0.4) is 0 Å². The van der Waals surface area contributed by atoms with Crippen LogP contribution in [-0.4, -0.2) is 47.9 Å². The third-order valence-corrected chi connectivity index (χ3v) is 5.71. The molecule has 3 aromatic rings. The van der Waals surface area contributed by atoms with Crippen molar-refractivity contribution in [2.24, 2.45) is 0 Å². The van der Waals surface area contributed by atoms with Gasteiger partial charge in [-0.3, -0.25) is 0 Å². The zero-order chi connectivity index (χ0) is 21.1. The zero-order valence-electron chi connectivity index (χ0n) is 17.2. The van der Waals surface area contributed by atoms with Crippen LogP contribution in [0.4, 0.5) is 14.6 Å². The van der Waals surface area contributed by atoms with E-state index in [2.05, 4.69) is 27.3 Å². The number of methoxy groups -OCH3 is 1. The fraction of sp³-hybridized carbons (Fsp3) is 0.391. The van der Waals surface area contributed by atoms with Crippen molar-refractivity contribution in [2.45, 2.75) is 32.2 Å². The minimum Gasteiger partial charge on any atom is -0.496 e. The van der Waals surface area contributed by atoms with Gasteiger partial charge in [0.2, 0.25) is 0 Å². The van der Waals surface area contributed by atoms with Crippen molar-refractivity contribution in [1.82, 2.24) is 15.1 Å². The van der Waals surface area contributed by atoms with E-state index in [4.69, 9.17) is 4.74 Å². The van der Waals surface area contributed by atoms with Gasteiger partial charge in [-0.15, -0.1) is 10.2 Å². The van der Waals surface area contributed by atoms with Gasteiger partial charge >= 0.3 is 0 Å². The van der Waals surface area contributed by atoms with Crippen LogP contribution in [0.25, 0.3) is 22.0 Å². The lowest BCUT2D eigenvalue weighted by molar-refractivity contribution is 0.151. The van der Waals surface area contributed by atoms with Crippen molar-refractivity contribution in [1.29, 1.82) is 0 Å². The molecule has 1 atom stereocenters. The van der Waals surface area contributed by atoms with E-state index < -0.39 is 6.43 Å². The molecule has 1 N–H and O–H groups in total. The Hall–Kier alpha value is -2.80. The molecule has 1 unspecified atom stereocenters. The van der Waals surface area contributed by atoms with Gasteiger partial charge in [0, 0.05) is 34.5 Å². The number of ether oxygens (including phenoxy) is 1. The Bertz CT molecular complexity index is 1030. The maximum Gasteiger partial charge on any atom is 0.263 e. The van der Waals surface area contributed by atoms with Crippen molar-refractivity contribution < 1.29 is 13.5 Å². The summed E-state index contributed by atoms with van der Waals surface area (Å²) in [7, 11) is 1.47. The second-order valence-electron chi connectivity index (χ2n) is 7.58. The normalized spacial score (nSPS) is 17.4. The quantitative estimate of drug-likeness (QED) is 0.608. The van der Waals surface area contributed by atoms with E-state index in [0.717, 1.165) is 49.1 Å². The molecule has 5 nitrogen and oxygen atoms in total. The number of halogens is 2. The molecule has 1 aromatic heterocycles. The van der Waals surface area contributed by atoms with Crippen molar-refractivity contribution >= 4 is 16.6 Å². The summed E-state index contributed by atoms with van der Waals surface area (Å²) in [6, 6.07) is 12.6. The highest BCUT2D eigenvalue weighted by Gasteiger charge is 2.21. The minimum absolute atomic E-state index is 0.0797. The molecule has 30 heavy (non-hydrogen) atoms. The summed E-state index contributed by atoms with van der Waals surface area (Å²) in [5.74, 6) is 1.11. The number of fused-ring (bicyclic) bond motifs is 1. The Labute approximate surface area is 175 Å². The van der Waals surface area contributed by atoms with E-state index in [1.54, 1.807) is 6.07 Å². The van der Waals surface area contributed by atoms with E-state index in [1.165, 1.54) is 19.2 Å². The highest BCUT2D eigenvalue weighted by Crippen LogP contribution is 2.37. The fourth-order valence-corrected chi connectivity index (χ4v) is 4.10. The van der Waals surface area contributed by atoms with E-state index in [0.29, 0.717) is 23.0 Å². The van der Waals surface area contributed by atoms with Crippen LogP contribution in [0, 0.1) is 0 Å². The van der Waals surface area contributed by atoms with Gasteiger partial charge in [-0.05, 0) is 38.1 Å². The monoisotopic (exact) mass is 412 g/mol. The van der Waals surface area contributed by atoms with Crippen LogP contribution in [0.1, 0.15) is 31.8 Å². The average molecular weight is 412 g/mol. The van der Waals surface area contributed by atoms with Gasteiger partial charge in [-0.2, -0.15) is 0 Å². The molecule has 0 saturated carbocycles. The van der Waals surface area contributed by atoms with E-state index in [-0.39, 0.29) is 5.56 Å². The number of nitrogens with zero attached hydrogens (tertiary/aromatic N) is 3. The maximum absolute atomic E-state index is 13.1. The smallest absolute Gasteiger partial charge is 0.263 e. The molecular weight excluding hydrogens is 386 g/mol. The number of benzene rings is 2. The van der Waals surface area contributed by atoms with Crippen molar-refractivity contribution in [3.63, 3.8) is 0 Å². The number of likely N-dealkylation sites (tertiary alicyclic amines) is 1. The molecule has 0 radical (unpaired) electrons. The Morgan fingerprint density at radius 3 is 2.70 bits per heavy atom. The lowest BCUT2D eigenvalue weighted by Gasteiger charge is -2.32. The first kappa shape index (κ1) is 20.5. The van der Waals surface area contributed by atoms with Gasteiger partial charge in [0.15, 0.2) is 5.82 Å². The summed E-state index contributed by atoms with van der Waals surface area (Å²) in [6.07, 6.45) is -0.305. The van der Waals surface area contributed by atoms with Crippen LogP contribution in [0.15, 0.2) is 42.5 Å². The first-order valence-corrected chi connectivity index (χ1v) is 10.3. The number of hydrogen-bond donors (Lipinski definition) is 1. The van der Waals surface area contributed by atoms with Crippen LogP contribution in [0.2, 0.25) is 0 Å². The number of hydrogen-bond acceptors (Lipinski definition) is 5. The number of nitrogens with one attached hydrogen (secondary N) is 1. The van der Waals surface area contributed by atoms with Crippen LogP contribution in [-0.2, 0) is 0 Å². The van der Waals surface area contributed by atoms with Crippen molar-refractivity contribution in [2.75, 3.05) is 32.1 Å². The summed E-state index contributed by atoms with van der Waals surface area (Å²) < 4.78 is 31.6. The standard InChI is InChI=1S/C23H26F2N4O/c1-3-29-12-6-7-16(14-29)26-23-18-9-5-4-8-17(18)21(27-28-23)19-11-10-15(22(24)25)13-20(19)30-2/h4-5,8-11,13,16,22H,3,6-7,12,14H2,1-2H3,(H,26,28). The van der Waals surface area contributed by atoms with Crippen molar-refractivity contribution in [3.05, 3.63) is 48.0 Å². The van der Waals surface area contributed by atoms with Gasteiger partial charge in [-0.25, -0.2) is 8.78 Å². The Morgan fingerprint density at radius 1 is 1.17 bits per heavy atom. The maximum atomic E-state index is 13.1. The summed E-state index contributed by atoms with van der Waals surface area (Å²) in [6.45, 7) is 5.34. The molecule has 0 aliphatic carbocycles. The fourth-order valence-electron chi connectivity index (χ4n) is 4.10. The third kappa shape index (κ3) is 4.07. The van der Waals surface area contributed by atoms with Crippen LogP contribution < -0.4 is 10.1 Å². The highest BCUT2D eigenvalue weighted by molar-refractivity contribution is 6.01. The molecule has 0 spiro atoms. The number of anilines is 1. The highest BCUT2D eigenvalue weighted by atomic mass is 19.3. The molecule has 158 valence electrons. The second kappa shape index (κ2) is 8.92. The number of rotatable bonds is 6. The first-order valence-electron chi connectivity index (χ1n) is 10.3. The second-order valence-corrected chi connectivity index (χ2v) is 7.58. The molecule has 1 fully saturated rings. The summed E-state index contributed by atoms with van der Waals surface area (Å²) >= 11 is 0. The number of piperidine rings is 1. The number of aromatic nitrogens is 2. The molecule has 1 aliphatic rings. The lowest BCUT2D eigenvalue weighted by atomic mass is 10.0. The Balaban J connectivity index is 1.73. The predicted octanol–water partition coefficient (Wildman–Crippen LogP) is 5.14. The minimum atomic E-state index is -2.56. The molecule has 4 rings (SSSR count). The summed E-state index contributed by atoms with van der Waals surface area (Å²) in [5.41, 5.74) is 1.18. The Kier molecular flexibility index (Phi) is 6.08. The molecule has 1 saturated heterocycles. The average Bonchev–Trinajstić information content (AvgIpc) is 2.79. The van der Waals surface area contributed by atoms with E-state index in [9.17, 15) is 8.78 Å². The van der Waals surface area contributed by atoms with Crippen molar-refractivity contribution in [3.8, 4) is 17.0 Å². The third-order valence-electron chi connectivity index (χ3n) is 5.71. The lowest BCUT2D eigenvalue weighted by Crippen LogP contribution is -2.42. The number of alkyl halides is 2. The molecule has 2 heterocycles. The molecule has 0 amide bonds. The summed E-state index contributed by atoms with van der Waals surface area (Å²) in [5, 5.41) is 14.4. The SMILES string of the molecule is CCN1CCCC(Nc2nnc(-c3ccc(C(F)F)cc3OC)c3ccccc23)C1. The molecule has 0 bridgehead atoms.